The molecule has 0 spiro atoms. The fourth-order valence-electron chi connectivity index (χ4n) is 2.05. The molecule has 0 aliphatic heterocycles. The molecule has 0 atom stereocenters. The molecule has 100 valence electrons. The molecule has 3 aromatic rings. The molecule has 0 unspecified atom stereocenters. The predicted molar refractivity (Wildman–Crippen MR) is 75.2 cm³/mol. The fraction of sp³-hybridized carbons (Fsp3) is 0.0667. The summed E-state index contributed by atoms with van der Waals surface area (Å²) in [5.41, 5.74) is 2.14. The van der Waals surface area contributed by atoms with E-state index in [1.165, 1.54) is 12.1 Å². The van der Waals surface area contributed by atoms with E-state index in [4.69, 9.17) is 0 Å². The number of nitrogens with one attached hydrogen (secondary N) is 2. The van der Waals surface area contributed by atoms with Gasteiger partial charge in [-0.3, -0.25) is 9.89 Å². The summed E-state index contributed by atoms with van der Waals surface area (Å²) in [5.74, 6) is -0.623. The lowest BCUT2D eigenvalue weighted by Crippen LogP contribution is -2.13. The lowest BCUT2D eigenvalue weighted by Gasteiger charge is -2.05. The molecule has 0 saturated heterocycles. The molecule has 0 aliphatic carbocycles. The van der Waals surface area contributed by atoms with E-state index in [2.05, 4.69) is 15.5 Å². The van der Waals surface area contributed by atoms with E-state index in [9.17, 15) is 9.18 Å². The summed E-state index contributed by atoms with van der Waals surface area (Å²) in [6.45, 7) is 1.65. The Labute approximate surface area is 114 Å². The number of halogens is 1. The van der Waals surface area contributed by atoms with Gasteiger partial charge in [0.05, 0.1) is 5.52 Å². The molecule has 20 heavy (non-hydrogen) atoms. The Morgan fingerprint density at radius 3 is 2.85 bits per heavy atom. The number of aryl methyl sites for hydroxylation is 1. The predicted octanol–water partition coefficient (Wildman–Crippen LogP) is 3.26. The second-order valence-electron chi connectivity index (χ2n) is 4.54. The summed E-state index contributed by atoms with van der Waals surface area (Å²) < 4.78 is 13.2. The quantitative estimate of drug-likeness (QED) is 0.750. The number of para-hydroxylation sites is 1. The van der Waals surface area contributed by atoms with Gasteiger partial charge in [-0.05, 0) is 36.8 Å². The summed E-state index contributed by atoms with van der Waals surface area (Å²) in [5, 5.41) is 10.3. The van der Waals surface area contributed by atoms with Crippen LogP contribution in [-0.2, 0) is 0 Å². The van der Waals surface area contributed by atoms with Crippen molar-refractivity contribution in [1.29, 1.82) is 0 Å². The van der Waals surface area contributed by atoms with E-state index >= 15 is 0 Å². The second-order valence-corrected chi connectivity index (χ2v) is 4.54. The molecule has 0 aliphatic rings. The average Bonchev–Trinajstić information content (AvgIpc) is 2.87. The van der Waals surface area contributed by atoms with Gasteiger partial charge < -0.3 is 5.32 Å². The van der Waals surface area contributed by atoms with Gasteiger partial charge in [-0.2, -0.15) is 5.10 Å². The Kier molecular flexibility index (Phi) is 2.95. The number of fused-ring (bicyclic) bond motifs is 1. The third-order valence-electron chi connectivity index (χ3n) is 3.10. The lowest BCUT2D eigenvalue weighted by atomic mass is 10.2. The SMILES string of the molecule is Cc1cc(NC(=O)c2n[nH]c3ccccc23)ccc1F. The Hall–Kier alpha value is -2.69. The minimum atomic E-state index is -0.326. The first-order valence-corrected chi connectivity index (χ1v) is 6.16. The van der Waals surface area contributed by atoms with Crippen LogP contribution in [0.2, 0.25) is 0 Å². The lowest BCUT2D eigenvalue weighted by molar-refractivity contribution is 0.102. The molecule has 1 amide bonds. The minimum absolute atomic E-state index is 0.298. The number of carbonyl (C=O) groups is 1. The fourth-order valence-corrected chi connectivity index (χ4v) is 2.05. The Morgan fingerprint density at radius 2 is 2.05 bits per heavy atom. The number of anilines is 1. The van der Waals surface area contributed by atoms with Gasteiger partial charge in [0.1, 0.15) is 5.82 Å². The van der Waals surface area contributed by atoms with Crippen molar-refractivity contribution in [3.8, 4) is 0 Å². The number of carbonyl (C=O) groups excluding carboxylic acids is 1. The van der Waals surface area contributed by atoms with Crippen molar-refractivity contribution in [2.75, 3.05) is 5.32 Å². The maximum Gasteiger partial charge on any atom is 0.276 e. The van der Waals surface area contributed by atoms with Gasteiger partial charge in [0, 0.05) is 11.1 Å². The van der Waals surface area contributed by atoms with Crippen molar-refractivity contribution in [2.24, 2.45) is 0 Å². The summed E-state index contributed by atoms with van der Waals surface area (Å²) in [4.78, 5) is 12.2. The van der Waals surface area contributed by atoms with Gasteiger partial charge in [-0.15, -0.1) is 0 Å². The van der Waals surface area contributed by atoms with E-state index in [1.54, 1.807) is 13.0 Å². The number of aromatic amines is 1. The van der Waals surface area contributed by atoms with Gasteiger partial charge >= 0.3 is 0 Å². The Morgan fingerprint density at radius 1 is 1.25 bits per heavy atom. The van der Waals surface area contributed by atoms with Crippen LogP contribution in [0.3, 0.4) is 0 Å². The van der Waals surface area contributed by atoms with Gasteiger partial charge in [-0.1, -0.05) is 18.2 Å². The number of hydrogen-bond donors (Lipinski definition) is 2. The third kappa shape index (κ3) is 2.14. The van der Waals surface area contributed by atoms with Crippen molar-refractivity contribution in [3.05, 3.63) is 59.5 Å². The zero-order valence-electron chi connectivity index (χ0n) is 10.8. The van der Waals surface area contributed by atoms with Crippen molar-refractivity contribution in [2.45, 2.75) is 6.92 Å². The number of amides is 1. The van der Waals surface area contributed by atoms with E-state index in [1.807, 2.05) is 24.3 Å². The molecule has 2 aromatic carbocycles. The zero-order valence-corrected chi connectivity index (χ0v) is 10.8. The van der Waals surface area contributed by atoms with E-state index in [0.29, 0.717) is 16.9 Å². The van der Waals surface area contributed by atoms with Gasteiger partial charge in [0.15, 0.2) is 5.69 Å². The number of benzene rings is 2. The molecule has 0 radical (unpaired) electrons. The van der Waals surface area contributed by atoms with Crippen LogP contribution >= 0.6 is 0 Å². The highest BCUT2D eigenvalue weighted by atomic mass is 19.1. The van der Waals surface area contributed by atoms with Crippen molar-refractivity contribution >= 4 is 22.5 Å². The molecule has 1 aromatic heterocycles. The molecule has 0 bridgehead atoms. The summed E-state index contributed by atoms with van der Waals surface area (Å²) in [7, 11) is 0. The highest BCUT2D eigenvalue weighted by Crippen LogP contribution is 2.18. The van der Waals surface area contributed by atoms with Crippen LogP contribution in [0.4, 0.5) is 10.1 Å². The number of rotatable bonds is 2. The van der Waals surface area contributed by atoms with Gasteiger partial charge in [-0.25, -0.2) is 4.39 Å². The first kappa shape index (κ1) is 12.3. The number of aromatic nitrogens is 2. The average molecular weight is 269 g/mol. The highest BCUT2D eigenvalue weighted by Gasteiger charge is 2.14. The van der Waals surface area contributed by atoms with Gasteiger partial charge in [0.2, 0.25) is 0 Å². The van der Waals surface area contributed by atoms with Crippen LogP contribution in [0.1, 0.15) is 16.1 Å². The smallest absolute Gasteiger partial charge is 0.276 e. The summed E-state index contributed by atoms with van der Waals surface area (Å²) >= 11 is 0. The molecule has 0 saturated carbocycles. The summed E-state index contributed by atoms with van der Waals surface area (Å²) in [6.07, 6.45) is 0. The molecule has 5 heteroatoms. The van der Waals surface area contributed by atoms with Crippen molar-refractivity contribution < 1.29 is 9.18 Å². The van der Waals surface area contributed by atoms with Crippen molar-refractivity contribution in [3.63, 3.8) is 0 Å². The molecule has 2 N–H and O–H groups in total. The molecular weight excluding hydrogens is 257 g/mol. The Balaban J connectivity index is 1.91. The largest absolute Gasteiger partial charge is 0.321 e. The van der Waals surface area contributed by atoms with E-state index in [-0.39, 0.29) is 11.7 Å². The van der Waals surface area contributed by atoms with Crippen LogP contribution in [0, 0.1) is 12.7 Å². The number of H-pyrrole nitrogens is 1. The maximum atomic E-state index is 13.2. The molecule has 0 fully saturated rings. The van der Waals surface area contributed by atoms with Crippen molar-refractivity contribution in [1.82, 2.24) is 10.2 Å². The molecule has 4 nitrogen and oxygen atoms in total. The number of hydrogen-bond acceptors (Lipinski definition) is 2. The van der Waals surface area contributed by atoms with Gasteiger partial charge in [0.25, 0.3) is 5.91 Å². The first-order chi connectivity index (χ1) is 9.65. The van der Waals surface area contributed by atoms with Crippen LogP contribution < -0.4 is 5.32 Å². The topological polar surface area (TPSA) is 57.8 Å². The standard InChI is InChI=1S/C15H12FN3O/c1-9-8-10(6-7-12(9)16)17-15(20)14-11-4-2-3-5-13(11)18-19-14/h2-8H,1H3,(H,17,20)(H,18,19). The molecular formula is C15H12FN3O. The first-order valence-electron chi connectivity index (χ1n) is 6.16. The second kappa shape index (κ2) is 4.77. The van der Waals surface area contributed by atoms with Crippen LogP contribution in [0.25, 0.3) is 10.9 Å². The van der Waals surface area contributed by atoms with Crippen LogP contribution in [-0.4, -0.2) is 16.1 Å². The van der Waals surface area contributed by atoms with E-state index < -0.39 is 0 Å². The minimum Gasteiger partial charge on any atom is -0.321 e. The molecule has 3 rings (SSSR count). The summed E-state index contributed by atoms with van der Waals surface area (Å²) in [6, 6.07) is 11.8. The van der Waals surface area contributed by atoms with Crippen LogP contribution in [0.5, 0.6) is 0 Å². The normalized spacial score (nSPS) is 10.7. The highest BCUT2D eigenvalue weighted by molar-refractivity contribution is 6.11. The Bertz CT molecular complexity index is 795. The third-order valence-corrected chi connectivity index (χ3v) is 3.10. The zero-order chi connectivity index (χ0) is 14.1. The number of nitrogens with zero attached hydrogens (tertiary/aromatic N) is 1. The monoisotopic (exact) mass is 269 g/mol. The maximum absolute atomic E-state index is 13.2. The van der Waals surface area contributed by atoms with Crippen LogP contribution in [0.15, 0.2) is 42.5 Å². The molecule has 1 heterocycles. The van der Waals surface area contributed by atoms with E-state index in [0.717, 1.165) is 10.9 Å².